The molecule has 106 valence electrons. The lowest BCUT2D eigenvalue weighted by Gasteiger charge is -2.33. The van der Waals surface area contributed by atoms with Gasteiger partial charge in [-0.1, -0.05) is 22.4 Å². The van der Waals surface area contributed by atoms with Crippen molar-refractivity contribution in [2.75, 3.05) is 11.9 Å². The number of benzene rings is 1. The third-order valence-corrected chi connectivity index (χ3v) is 4.91. The lowest BCUT2D eigenvalue weighted by atomic mass is 9.73. The molecule has 5 heteroatoms. The maximum atomic E-state index is 12.5. The Morgan fingerprint density at radius 1 is 1.35 bits per heavy atom. The number of hydrogen-bond acceptors (Lipinski definition) is 3. The van der Waals surface area contributed by atoms with Crippen LogP contribution in [-0.2, 0) is 15.2 Å². The second kappa shape index (κ2) is 4.67. The van der Waals surface area contributed by atoms with Crippen LogP contribution in [0.2, 0.25) is 0 Å². The van der Waals surface area contributed by atoms with Gasteiger partial charge >= 0.3 is 0 Å². The quantitative estimate of drug-likeness (QED) is 0.855. The van der Waals surface area contributed by atoms with Gasteiger partial charge in [-0.2, -0.15) is 0 Å². The Balaban J connectivity index is 2.15. The molecule has 1 fully saturated rings. The van der Waals surface area contributed by atoms with E-state index in [2.05, 4.69) is 15.9 Å². The zero-order valence-electron chi connectivity index (χ0n) is 11.2. The van der Waals surface area contributed by atoms with Gasteiger partial charge in [-0.05, 0) is 31.0 Å². The highest BCUT2D eigenvalue weighted by molar-refractivity contribution is 9.10. The van der Waals surface area contributed by atoms with Crippen LogP contribution in [-0.4, -0.2) is 23.8 Å². The summed E-state index contributed by atoms with van der Waals surface area (Å²) in [5.41, 5.74) is -0.482. The van der Waals surface area contributed by atoms with Crippen LogP contribution in [0.25, 0.3) is 0 Å². The van der Waals surface area contributed by atoms with Gasteiger partial charge in [-0.3, -0.25) is 9.59 Å². The van der Waals surface area contributed by atoms with E-state index in [9.17, 15) is 14.7 Å². The van der Waals surface area contributed by atoms with Gasteiger partial charge in [0.05, 0.1) is 11.6 Å². The molecule has 1 saturated carbocycles. The molecule has 1 heterocycles. The third-order valence-electron chi connectivity index (χ3n) is 4.42. The number of amides is 1. The Kier molecular flexibility index (Phi) is 3.21. The largest absolute Gasteiger partial charge is 0.375 e. The smallest absolute Gasteiger partial charge is 0.264 e. The molecule has 2 aliphatic rings. The molecule has 1 unspecified atom stereocenters. The van der Waals surface area contributed by atoms with Crippen molar-refractivity contribution in [2.45, 2.75) is 31.3 Å². The van der Waals surface area contributed by atoms with E-state index >= 15 is 0 Å². The number of Topliss-reactive ketones (excluding diaryl/α,β-unsaturated/α-hetero) is 1. The van der Waals surface area contributed by atoms with E-state index < -0.39 is 17.4 Å². The molecule has 0 saturated heterocycles. The fourth-order valence-electron chi connectivity index (χ4n) is 3.35. The van der Waals surface area contributed by atoms with Crippen molar-refractivity contribution in [2.24, 2.45) is 5.92 Å². The fourth-order valence-corrected chi connectivity index (χ4v) is 3.71. The number of carbonyl (C=O) groups is 2. The zero-order chi connectivity index (χ0) is 14.5. The van der Waals surface area contributed by atoms with Crippen LogP contribution in [0.4, 0.5) is 5.69 Å². The van der Waals surface area contributed by atoms with Crippen molar-refractivity contribution in [3.8, 4) is 0 Å². The monoisotopic (exact) mass is 337 g/mol. The lowest BCUT2D eigenvalue weighted by Crippen LogP contribution is -2.48. The molecule has 0 aromatic heterocycles. The molecule has 3 rings (SSSR count). The molecule has 0 bridgehead atoms. The van der Waals surface area contributed by atoms with Crippen LogP contribution in [0.15, 0.2) is 22.7 Å². The Morgan fingerprint density at radius 3 is 2.80 bits per heavy atom. The third kappa shape index (κ3) is 1.76. The number of rotatable bonds is 1. The number of ketones is 1. The van der Waals surface area contributed by atoms with Crippen molar-refractivity contribution in [3.63, 3.8) is 0 Å². The van der Waals surface area contributed by atoms with Crippen LogP contribution in [0, 0.1) is 5.92 Å². The second-order valence-electron chi connectivity index (χ2n) is 5.56. The number of anilines is 1. The van der Waals surface area contributed by atoms with Gasteiger partial charge in [0, 0.05) is 23.5 Å². The van der Waals surface area contributed by atoms with E-state index in [4.69, 9.17) is 0 Å². The Morgan fingerprint density at radius 2 is 2.10 bits per heavy atom. The minimum Gasteiger partial charge on any atom is -0.375 e. The lowest BCUT2D eigenvalue weighted by molar-refractivity contribution is -0.151. The summed E-state index contributed by atoms with van der Waals surface area (Å²) in [5.74, 6) is -1.03. The van der Waals surface area contributed by atoms with Crippen molar-refractivity contribution in [3.05, 3.63) is 28.2 Å². The Hall–Kier alpha value is -1.20. The summed E-state index contributed by atoms with van der Waals surface area (Å²) in [4.78, 5) is 26.2. The molecule has 1 aromatic rings. The van der Waals surface area contributed by atoms with Crippen LogP contribution in [0.3, 0.4) is 0 Å². The van der Waals surface area contributed by atoms with Crippen molar-refractivity contribution < 1.29 is 14.7 Å². The van der Waals surface area contributed by atoms with Crippen LogP contribution in [0.5, 0.6) is 0 Å². The summed E-state index contributed by atoms with van der Waals surface area (Å²) in [6.45, 7) is 0. The predicted molar refractivity (Wildman–Crippen MR) is 78.4 cm³/mol. The number of hydrogen-bond donors (Lipinski definition) is 1. The molecule has 1 aliphatic carbocycles. The van der Waals surface area contributed by atoms with E-state index in [1.807, 2.05) is 6.07 Å². The predicted octanol–water partition coefficient (Wildman–Crippen LogP) is 2.37. The molecule has 1 aliphatic heterocycles. The van der Waals surface area contributed by atoms with Gasteiger partial charge in [0.1, 0.15) is 5.78 Å². The number of carbonyl (C=O) groups excluding carboxylic acids is 2. The SMILES string of the molecule is CN1C(=O)[C@@](O)(C2CCCCC2=O)c2cc(Br)ccc21. The van der Waals surface area contributed by atoms with E-state index in [0.717, 1.165) is 17.3 Å². The first-order valence-corrected chi connectivity index (χ1v) is 7.59. The first kappa shape index (κ1) is 13.8. The highest BCUT2D eigenvalue weighted by atomic mass is 79.9. The Bertz CT molecular complexity index is 601. The number of likely N-dealkylation sites (N-methyl/N-ethyl adjacent to an activating group) is 1. The average molecular weight is 338 g/mol. The minimum atomic E-state index is -1.70. The summed E-state index contributed by atoms with van der Waals surface area (Å²) in [5, 5.41) is 11.1. The van der Waals surface area contributed by atoms with Crippen LogP contribution >= 0.6 is 15.9 Å². The zero-order valence-corrected chi connectivity index (χ0v) is 12.8. The molecule has 1 N–H and O–H groups in total. The first-order valence-electron chi connectivity index (χ1n) is 6.79. The van der Waals surface area contributed by atoms with Gasteiger partial charge in [-0.15, -0.1) is 0 Å². The average Bonchev–Trinajstić information content (AvgIpc) is 2.62. The van der Waals surface area contributed by atoms with E-state index in [-0.39, 0.29) is 5.78 Å². The summed E-state index contributed by atoms with van der Waals surface area (Å²) in [6, 6.07) is 5.37. The molecular weight excluding hydrogens is 322 g/mol. The Labute approximate surface area is 125 Å². The summed E-state index contributed by atoms with van der Waals surface area (Å²) < 4.78 is 0.793. The number of nitrogens with zero attached hydrogens (tertiary/aromatic N) is 1. The topological polar surface area (TPSA) is 57.6 Å². The normalized spacial score (nSPS) is 29.8. The highest BCUT2D eigenvalue weighted by Crippen LogP contribution is 2.48. The number of aliphatic hydroxyl groups is 1. The van der Waals surface area contributed by atoms with Crippen LogP contribution < -0.4 is 4.90 Å². The summed E-state index contributed by atoms with van der Waals surface area (Å²) in [6.07, 6.45) is 2.74. The second-order valence-corrected chi connectivity index (χ2v) is 6.47. The van der Waals surface area contributed by atoms with Crippen molar-refractivity contribution in [1.82, 2.24) is 0 Å². The van der Waals surface area contributed by atoms with E-state index in [1.165, 1.54) is 4.90 Å². The van der Waals surface area contributed by atoms with Gasteiger partial charge < -0.3 is 10.0 Å². The van der Waals surface area contributed by atoms with Gasteiger partial charge in [-0.25, -0.2) is 0 Å². The first-order chi connectivity index (χ1) is 9.46. The van der Waals surface area contributed by atoms with Crippen molar-refractivity contribution >= 4 is 33.3 Å². The summed E-state index contributed by atoms with van der Waals surface area (Å²) >= 11 is 3.37. The molecule has 20 heavy (non-hydrogen) atoms. The van der Waals surface area contributed by atoms with Crippen LogP contribution in [0.1, 0.15) is 31.2 Å². The van der Waals surface area contributed by atoms with E-state index in [1.54, 1.807) is 19.2 Å². The fraction of sp³-hybridized carbons (Fsp3) is 0.467. The summed E-state index contributed by atoms with van der Waals surface area (Å²) in [7, 11) is 1.64. The molecule has 0 spiro atoms. The number of halogens is 1. The van der Waals surface area contributed by atoms with Gasteiger partial charge in [0.25, 0.3) is 5.91 Å². The van der Waals surface area contributed by atoms with Gasteiger partial charge in [0.2, 0.25) is 0 Å². The maximum Gasteiger partial charge on any atom is 0.264 e. The molecular formula is C15H16BrNO3. The number of fused-ring (bicyclic) bond motifs is 1. The van der Waals surface area contributed by atoms with Crippen molar-refractivity contribution in [1.29, 1.82) is 0 Å². The molecule has 1 amide bonds. The standard InChI is InChI=1S/C15H16BrNO3/c1-17-12-7-6-9(16)8-11(12)15(20,14(17)19)10-4-2-3-5-13(10)18/h6-8,10,20H,2-5H2,1H3/t10?,15-/m1/s1. The molecule has 2 atom stereocenters. The highest BCUT2D eigenvalue weighted by Gasteiger charge is 2.56. The molecule has 1 aromatic carbocycles. The molecule has 4 nitrogen and oxygen atoms in total. The van der Waals surface area contributed by atoms with Gasteiger partial charge in [0.15, 0.2) is 5.60 Å². The minimum absolute atomic E-state index is 0.00618. The maximum absolute atomic E-state index is 12.5. The molecule has 0 radical (unpaired) electrons. The van der Waals surface area contributed by atoms with E-state index in [0.29, 0.717) is 24.1 Å².